The van der Waals surface area contributed by atoms with Crippen molar-refractivity contribution in [3.63, 3.8) is 0 Å². The molecule has 112 valence electrons. The van der Waals surface area contributed by atoms with Crippen molar-refractivity contribution < 1.29 is 14.3 Å². The molecule has 4 nitrogen and oxygen atoms in total. The molecule has 4 heteroatoms. The van der Waals surface area contributed by atoms with Crippen LogP contribution in [0.25, 0.3) is 0 Å². The lowest BCUT2D eigenvalue weighted by Gasteiger charge is -2.40. The molecular weight excluding hydrogens is 266 g/mol. The number of allylic oxidation sites excluding steroid dienone is 1. The Bertz CT molecular complexity index is 512. The van der Waals surface area contributed by atoms with Gasteiger partial charge in [-0.15, -0.1) is 0 Å². The third-order valence-electron chi connectivity index (χ3n) is 3.90. The second kappa shape index (κ2) is 7.07. The molecule has 0 amide bonds. The van der Waals surface area contributed by atoms with Crippen LogP contribution in [0.3, 0.4) is 0 Å². The quantitative estimate of drug-likeness (QED) is 0.485. The molecule has 1 saturated heterocycles. The molecule has 1 aromatic rings. The van der Waals surface area contributed by atoms with Crippen molar-refractivity contribution in [1.82, 2.24) is 4.90 Å². The molecule has 0 unspecified atom stereocenters. The van der Waals surface area contributed by atoms with E-state index < -0.39 is 0 Å². The van der Waals surface area contributed by atoms with E-state index in [9.17, 15) is 9.59 Å². The molecule has 1 aromatic carbocycles. The van der Waals surface area contributed by atoms with E-state index in [1.165, 1.54) is 6.08 Å². The molecule has 0 radical (unpaired) electrons. The molecule has 2 rings (SSSR count). The lowest BCUT2D eigenvalue weighted by molar-refractivity contribution is -0.104. The van der Waals surface area contributed by atoms with E-state index in [2.05, 4.69) is 18.7 Å². The first kappa shape index (κ1) is 15.3. The summed E-state index contributed by atoms with van der Waals surface area (Å²) in [7, 11) is 0. The monoisotopic (exact) mass is 287 g/mol. The minimum Gasteiger partial charge on any atom is -0.458 e. The second-order valence-electron chi connectivity index (χ2n) is 5.55. The number of hydrogen-bond donors (Lipinski definition) is 0. The summed E-state index contributed by atoms with van der Waals surface area (Å²) in [4.78, 5) is 24.7. The van der Waals surface area contributed by atoms with Crippen molar-refractivity contribution in [2.45, 2.75) is 32.4 Å². The average molecular weight is 287 g/mol. The van der Waals surface area contributed by atoms with Crippen molar-refractivity contribution in [2.75, 3.05) is 6.54 Å². The molecule has 1 fully saturated rings. The number of aldehydes is 1. The summed E-state index contributed by atoms with van der Waals surface area (Å²) in [6.45, 7) is 4.92. The zero-order valence-electron chi connectivity index (χ0n) is 12.4. The number of nitrogens with zero attached hydrogens (tertiary/aromatic N) is 1. The van der Waals surface area contributed by atoms with Crippen LogP contribution >= 0.6 is 0 Å². The van der Waals surface area contributed by atoms with Crippen LogP contribution in [0.4, 0.5) is 0 Å². The van der Waals surface area contributed by atoms with Crippen LogP contribution in [0.1, 0.15) is 30.6 Å². The van der Waals surface area contributed by atoms with Gasteiger partial charge in [-0.2, -0.15) is 0 Å². The van der Waals surface area contributed by atoms with Crippen molar-refractivity contribution in [3.8, 4) is 0 Å². The van der Waals surface area contributed by atoms with Crippen LogP contribution in [0.15, 0.2) is 42.6 Å². The molecular formula is C17H21NO3. The van der Waals surface area contributed by atoms with Gasteiger partial charge in [0.1, 0.15) is 12.4 Å². The van der Waals surface area contributed by atoms with Gasteiger partial charge in [0.25, 0.3) is 0 Å². The fourth-order valence-electron chi connectivity index (χ4n) is 2.63. The zero-order valence-corrected chi connectivity index (χ0v) is 12.4. The van der Waals surface area contributed by atoms with Gasteiger partial charge in [0.2, 0.25) is 0 Å². The number of likely N-dealkylation sites (tertiary alicyclic amines) is 1. The Morgan fingerprint density at radius 1 is 1.29 bits per heavy atom. The highest BCUT2D eigenvalue weighted by molar-refractivity contribution is 5.89. The average Bonchev–Trinajstić information content (AvgIpc) is 2.50. The van der Waals surface area contributed by atoms with Crippen molar-refractivity contribution in [3.05, 3.63) is 48.2 Å². The maximum absolute atomic E-state index is 12.1. The predicted octanol–water partition coefficient (Wildman–Crippen LogP) is 2.65. The third kappa shape index (κ3) is 3.94. The number of hydrogen-bond acceptors (Lipinski definition) is 4. The molecule has 1 heterocycles. The summed E-state index contributed by atoms with van der Waals surface area (Å²) in [5.74, 6) is -0.0401. The van der Waals surface area contributed by atoms with E-state index >= 15 is 0 Å². The predicted molar refractivity (Wildman–Crippen MR) is 80.8 cm³/mol. The van der Waals surface area contributed by atoms with Gasteiger partial charge in [0, 0.05) is 31.1 Å². The Morgan fingerprint density at radius 3 is 2.67 bits per heavy atom. The summed E-state index contributed by atoms with van der Waals surface area (Å²) in [5, 5.41) is 0. The minimum absolute atomic E-state index is 0.0893. The Kier molecular flexibility index (Phi) is 5.14. The largest absolute Gasteiger partial charge is 0.458 e. The molecule has 0 spiro atoms. The van der Waals surface area contributed by atoms with Crippen LogP contribution in [-0.4, -0.2) is 35.8 Å². The fraction of sp³-hybridized carbons (Fsp3) is 0.412. The molecule has 21 heavy (non-hydrogen) atoms. The van der Waals surface area contributed by atoms with Gasteiger partial charge in [-0.05, 0) is 25.1 Å². The second-order valence-corrected chi connectivity index (χ2v) is 5.55. The lowest BCUT2D eigenvalue weighted by Crippen LogP contribution is -2.46. The highest BCUT2D eigenvalue weighted by Gasteiger charge is 2.32. The topological polar surface area (TPSA) is 46.6 Å². The number of benzene rings is 1. The number of rotatable bonds is 4. The Balaban J connectivity index is 1.98. The van der Waals surface area contributed by atoms with Crippen molar-refractivity contribution >= 4 is 12.3 Å². The summed E-state index contributed by atoms with van der Waals surface area (Å²) >= 11 is 0. The maximum Gasteiger partial charge on any atom is 0.338 e. The van der Waals surface area contributed by atoms with Gasteiger partial charge in [0.15, 0.2) is 0 Å². The van der Waals surface area contributed by atoms with E-state index in [0.717, 1.165) is 19.3 Å². The van der Waals surface area contributed by atoms with E-state index in [-0.39, 0.29) is 24.0 Å². The third-order valence-corrected chi connectivity index (χ3v) is 3.90. The number of esters is 1. The standard InChI is InChI=1S/C17H21NO3/c1-13-12-18(9-6-10-19)14(2)11-16(13)21-17(20)15-7-4-3-5-8-15/h3-10,13-14,16H,11-12H2,1-2H3/b9-6+/t13-,14-,16-/m0/s1. The first-order chi connectivity index (χ1) is 10.1. The summed E-state index contributed by atoms with van der Waals surface area (Å²) in [5.41, 5.74) is 0.584. The van der Waals surface area contributed by atoms with E-state index in [4.69, 9.17) is 4.74 Å². The van der Waals surface area contributed by atoms with Gasteiger partial charge < -0.3 is 9.64 Å². The van der Waals surface area contributed by atoms with Crippen molar-refractivity contribution in [2.24, 2.45) is 5.92 Å². The normalized spacial score (nSPS) is 25.8. The van der Waals surface area contributed by atoms with Crippen LogP contribution in [-0.2, 0) is 9.53 Å². The highest BCUT2D eigenvalue weighted by Crippen LogP contribution is 2.25. The van der Waals surface area contributed by atoms with Crippen LogP contribution < -0.4 is 0 Å². The van der Waals surface area contributed by atoms with Crippen LogP contribution in [0.5, 0.6) is 0 Å². The smallest absolute Gasteiger partial charge is 0.338 e. The molecule has 1 aliphatic heterocycles. The molecule has 1 aliphatic rings. The number of ether oxygens (including phenoxy) is 1. The summed E-state index contributed by atoms with van der Waals surface area (Å²) in [6.07, 6.45) is 4.76. The van der Waals surface area contributed by atoms with Gasteiger partial charge in [0.05, 0.1) is 5.56 Å². The minimum atomic E-state index is -0.267. The first-order valence-corrected chi connectivity index (χ1v) is 7.25. The van der Waals surface area contributed by atoms with Crippen LogP contribution in [0.2, 0.25) is 0 Å². The summed E-state index contributed by atoms with van der Waals surface area (Å²) in [6, 6.07) is 9.30. The SMILES string of the molecule is C[C@H]1CN(/C=C/C=O)[C@@H](C)C[C@@H]1OC(=O)c1ccccc1. The Hall–Kier alpha value is -2.10. The zero-order chi connectivity index (χ0) is 15.2. The lowest BCUT2D eigenvalue weighted by atomic mass is 9.92. The molecule has 0 aliphatic carbocycles. The summed E-state index contributed by atoms with van der Waals surface area (Å²) < 4.78 is 5.65. The molecule has 0 aromatic heterocycles. The van der Waals surface area contributed by atoms with Gasteiger partial charge in [-0.1, -0.05) is 25.1 Å². The Morgan fingerprint density at radius 2 is 2.00 bits per heavy atom. The molecule has 0 bridgehead atoms. The fourth-order valence-corrected chi connectivity index (χ4v) is 2.63. The number of carbonyl (C=O) groups is 2. The highest BCUT2D eigenvalue weighted by atomic mass is 16.5. The van der Waals surface area contributed by atoms with Gasteiger partial charge in [-0.25, -0.2) is 4.79 Å². The van der Waals surface area contributed by atoms with E-state index in [1.54, 1.807) is 12.1 Å². The molecule has 0 N–H and O–H groups in total. The number of carbonyl (C=O) groups excluding carboxylic acids is 2. The molecule has 0 saturated carbocycles. The Labute approximate surface area is 125 Å². The van der Waals surface area contributed by atoms with Crippen molar-refractivity contribution in [1.29, 1.82) is 0 Å². The van der Waals surface area contributed by atoms with Gasteiger partial charge >= 0.3 is 5.97 Å². The van der Waals surface area contributed by atoms with Crippen LogP contribution in [0, 0.1) is 5.92 Å². The number of piperidine rings is 1. The van der Waals surface area contributed by atoms with E-state index in [1.807, 2.05) is 24.4 Å². The molecule has 3 atom stereocenters. The maximum atomic E-state index is 12.1. The first-order valence-electron chi connectivity index (χ1n) is 7.25. The van der Waals surface area contributed by atoms with E-state index in [0.29, 0.717) is 5.56 Å². The van der Waals surface area contributed by atoms with Gasteiger partial charge in [-0.3, -0.25) is 4.79 Å².